The summed E-state index contributed by atoms with van der Waals surface area (Å²) in [5.74, 6) is 0.570. The van der Waals surface area contributed by atoms with Crippen LogP contribution >= 0.6 is 0 Å². The van der Waals surface area contributed by atoms with Crippen LogP contribution in [0, 0.1) is 6.92 Å². The van der Waals surface area contributed by atoms with Crippen LogP contribution in [0.3, 0.4) is 0 Å². The highest BCUT2D eigenvalue weighted by Gasteiger charge is 2.35. The van der Waals surface area contributed by atoms with Gasteiger partial charge in [0.15, 0.2) is 0 Å². The van der Waals surface area contributed by atoms with E-state index in [1.165, 1.54) is 10.4 Å². The molecule has 0 aliphatic carbocycles. The molecule has 0 aromatic carbocycles. The lowest BCUT2D eigenvalue weighted by atomic mass is 10.3. The Labute approximate surface area is 100 Å². The van der Waals surface area contributed by atoms with Crippen LogP contribution in [0.5, 0.6) is 0 Å². The summed E-state index contributed by atoms with van der Waals surface area (Å²) in [6, 6.07) is 2.78. The molecule has 2 N–H and O–H groups in total. The Morgan fingerprint density at radius 1 is 1.53 bits per heavy atom. The van der Waals surface area contributed by atoms with Crippen molar-refractivity contribution < 1.29 is 17.6 Å². The van der Waals surface area contributed by atoms with Gasteiger partial charge in [-0.1, -0.05) is 0 Å². The maximum atomic E-state index is 12.3. The van der Waals surface area contributed by atoms with Crippen LogP contribution < -0.4 is 5.73 Å². The second kappa shape index (κ2) is 4.77. The van der Waals surface area contributed by atoms with Gasteiger partial charge in [-0.15, -0.1) is 0 Å². The lowest BCUT2D eigenvalue weighted by Crippen LogP contribution is -2.51. The molecule has 0 radical (unpaired) electrons. The van der Waals surface area contributed by atoms with Crippen molar-refractivity contribution in [2.75, 3.05) is 26.3 Å². The van der Waals surface area contributed by atoms with Crippen LogP contribution in [-0.4, -0.2) is 45.1 Å². The third kappa shape index (κ3) is 2.37. The monoisotopic (exact) mass is 260 g/mol. The number of morpholine rings is 1. The predicted molar refractivity (Wildman–Crippen MR) is 61.0 cm³/mol. The fourth-order valence-corrected chi connectivity index (χ4v) is 3.37. The molecular formula is C10H16N2O4S. The molecule has 0 bridgehead atoms. The van der Waals surface area contributed by atoms with Crippen molar-refractivity contribution in [3.05, 3.63) is 17.9 Å². The van der Waals surface area contributed by atoms with Gasteiger partial charge in [0.25, 0.3) is 10.0 Å². The highest BCUT2D eigenvalue weighted by Crippen LogP contribution is 2.21. The van der Waals surface area contributed by atoms with E-state index in [1.807, 2.05) is 0 Å². The first-order chi connectivity index (χ1) is 8.05. The first-order valence-corrected chi connectivity index (χ1v) is 6.86. The van der Waals surface area contributed by atoms with E-state index in [1.54, 1.807) is 13.0 Å². The average molecular weight is 260 g/mol. The van der Waals surface area contributed by atoms with Gasteiger partial charge >= 0.3 is 0 Å². The standard InChI is InChI=1S/C10H16N2O4S/c1-8-2-3-10(16-8)17(13,14)12-4-5-15-7-9(12)6-11/h2-3,9H,4-7,11H2,1H3. The summed E-state index contributed by atoms with van der Waals surface area (Å²) in [6.07, 6.45) is 0. The largest absolute Gasteiger partial charge is 0.449 e. The van der Waals surface area contributed by atoms with E-state index < -0.39 is 10.0 Å². The third-order valence-corrected chi connectivity index (χ3v) is 4.55. The number of hydrogen-bond donors (Lipinski definition) is 1. The normalized spacial score (nSPS) is 22.8. The molecule has 1 unspecified atom stereocenters. The molecule has 1 fully saturated rings. The smallest absolute Gasteiger partial charge is 0.276 e. The maximum absolute atomic E-state index is 12.3. The predicted octanol–water partition coefficient (Wildman–Crippen LogP) is -0.0638. The fourth-order valence-electron chi connectivity index (χ4n) is 1.81. The molecule has 17 heavy (non-hydrogen) atoms. The van der Waals surface area contributed by atoms with Gasteiger partial charge in [-0.05, 0) is 19.1 Å². The summed E-state index contributed by atoms with van der Waals surface area (Å²) in [6.45, 7) is 2.96. The highest BCUT2D eigenvalue weighted by atomic mass is 32.2. The van der Waals surface area contributed by atoms with Crippen LogP contribution in [0.1, 0.15) is 5.76 Å². The van der Waals surface area contributed by atoms with Gasteiger partial charge in [0.1, 0.15) is 5.76 Å². The second-order valence-corrected chi connectivity index (χ2v) is 5.77. The minimum Gasteiger partial charge on any atom is -0.449 e. The molecule has 2 rings (SSSR count). The quantitative estimate of drug-likeness (QED) is 0.822. The molecule has 96 valence electrons. The Balaban J connectivity index is 2.30. The number of nitrogens with zero attached hydrogens (tertiary/aromatic N) is 1. The first kappa shape index (κ1) is 12.6. The van der Waals surface area contributed by atoms with Crippen LogP contribution in [-0.2, 0) is 14.8 Å². The van der Waals surface area contributed by atoms with E-state index >= 15 is 0 Å². The van der Waals surface area contributed by atoms with Gasteiger partial charge in [-0.3, -0.25) is 0 Å². The SMILES string of the molecule is Cc1ccc(S(=O)(=O)N2CCOCC2CN)o1. The van der Waals surface area contributed by atoms with E-state index in [0.29, 0.717) is 25.5 Å². The van der Waals surface area contributed by atoms with Gasteiger partial charge in [-0.2, -0.15) is 4.31 Å². The minimum absolute atomic E-state index is 0.0321. The Morgan fingerprint density at radius 3 is 2.88 bits per heavy atom. The Hall–Kier alpha value is -0.890. The van der Waals surface area contributed by atoms with Gasteiger partial charge in [0.05, 0.1) is 19.3 Å². The average Bonchev–Trinajstić information content (AvgIpc) is 2.76. The summed E-state index contributed by atoms with van der Waals surface area (Å²) in [5, 5.41) is -0.0321. The summed E-state index contributed by atoms with van der Waals surface area (Å²) >= 11 is 0. The van der Waals surface area contributed by atoms with Crippen molar-refractivity contribution in [1.82, 2.24) is 4.31 Å². The molecule has 0 saturated carbocycles. The van der Waals surface area contributed by atoms with Crippen LogP contribution in [0.15, 0.2) is 21.6 Å². The Kier molecular flexibility index (Phi) is 3.53. The van der Waals surface area contributed by atoms with Crippen molar-refractivity contribution in [1.29, 1.82) is 0 Å². The molecule has 1 atom stereocenters. The number of hydrogen-bond acceptors (Lipinski definition) is 5. The molecule has 1 aliphatic heterocycles. The molecule has 2 heterocycles. The molecule has 6 nitrogen and oxygen atoms in total. The van der Waals surface area contributed by atoms with E-state index in [2.05, 4.69) is 0 Å². The molecule has 7 heteroatoms. The van der Waals surface area contributed by atoms with Gasteiger partial charge in [-0.25, -0.2) is 8.42 Å². The van der Waals surface area contributed by atoms with E-state index in [0.717, 1.165) is 0 Å². The zero-order valence-electron chi connectivity index (χ0n) is 9.63. The second-order valence-electron chi connectivity index (χ2n) is 3.95. The van der Waals surface area contributed by atoms with E-state index in [-0.39, 0.29) is 17.7 Å². The van der Waals surface area contributed by atoms with E-state index in [4.69, 9.17) is 14.9 Å². The zero-order valence-corrected chi connectivity index (χ0v) is 10.4. The number of nitrogens with two attached hydrogens (primary N) is 1. The lowest BCUT2D eigenvalue weighted by molar-refractivity contribution is 0.0352. The molecule has 1 aromatic rings. The minimum atomic E-state index is -3.60. The molecule has 0 spiro atoms. The summed E-state index contributed by atoms with van der Waals surface area (Å²) in [4.78, 5) is 0. The van der Waals surface area contributed by atoms with Crippen LogP contribution in [0.2, 0.25) is 0 Å². The number of sulfonamides is 1. The van der Waals surface area contributed by atoms with Gasteiger partial charge in [0.2, 0.25) is 5.09 Å². The highest BCUT2D eigenvalue weighted by molar-refractivity contribution is 7.89. The first-order valence-electron chi connectivity index (χ1n) is 5.42. The molecule has 1 aliphatic rings. The Bertz CT molecular complexity index is 482. The maximum Gasteiger partial charge on any atom is 0.276 e. The van der Waals surface area contributed by atoms with Crippen LogP contribution in [0.25, 0.3) is 0 Å². The molecule has 0 amide bonds. The summed E-state index contributed by atoms with van der Waals surface area (Å²) in [5.41, 5.74) is 5.56. The van der Waals surface area contributed by atoms with Crippen molar-refractivity contribution in [2.45, 2.75) is 18.1 Å². The topological polar surface area (TPSA) is 85.8 Å². The molecule has 1 aromatic heterocycles. The number of furan rings is 1. The number of rotatable bonds is 3. The summed E-state index contributed by atoms with van der Waals surface area (Å²) in [7, 11) is -3.60. The van der Waals surface area contributed by atoms with Crippen molar-refractivity contribution in [2.24, 2.45) is 5.73 Å². The zero-order chi connectivity index (χ0) is 12.5. The third-order valence-electron chi connectivity index (χ3n) is 2.72. The lowest BCUT2D eigenvalue weighted by Gasteiger charge is -2.32. The fraction of sp³-hybridized carbons (Fsp3) is 0.600. The van der Waals surface area contributed by atoms with Gasteiger partial charge < -0.3 is 14.9 Å². The summed E-state index contributed by atoms with van der Waals surface area (Å²) < 4.78 is 36.3. The van der Waals surface area contributed by atoms with Crippen molar-refractivity contribution in [3.8, 4) is 0 Å². The van der Waals surface area contributed by atoms with Crippen molar-refractivity contribution >= 4 is 10.0 Å². The van der Waals surface area contributed by atoms with E-state index in [9.17, 15) is 8.42 Å². The number of aryl methyl sites for hydroxylation is 1. The Morgan fingerprint density at radius 2 is 2.29 bits per heavy atom. The molecule has 1 saturated heterocycles. The number of ether oxygens (including phenoxy) is 1. The van der Waals surface area contributed by atoms with Crippen molar-refractivity contribution in [3.63, 3.8) is 0 Å². The van der Waals surface area contributed by atoms with Gasteiger partial charge in [0, 0.05) is 13.1 Å². The van der Waals surface area contributed by atoms with Crippen LogP contribution in [0.4, 0.5) is 0 Å². The molecular weight excluding hydrogens is 244 g/mol.